The number of carbonyl (C=O) groups excluding carboxylic acids is 2. The molecule has 2 aromatic carbocycles. The molecule has 0 atom stereocenters. The molecular weight excluding hydrogens is 340 g/mol. The van der Waals surface area contributed by atoms with E-state index in [9.17, 15) is 9.59 Å². The molecule has 0 aromatic heterocycles. The van der Waals surface area contributed by atoms with Crippen LogP contribution < -0.4 is 5.32 Å². The SMILES string of the molecule is CCOC(=O)CCN(CCC(=O)Nc1cccc2ccccc12)CC1CC1. The number of nitrogens with one attached hydrogen (secondary N) is 1. The summed E-state index contributed by atoms with van der Waals surface area (Å²) in [4.78, 5) is 26.3. The van der Waals surface area contributed by atoms with Crippen LogP contribution in [-0.4, -0.2) is 43.0 Å². The molecule has 0 saturated heterocycles. The molecule has 0 heterocycles. The minimum Gasteiger partial charge on any atom is -0.466 e. The molecule has 0 spiro atoms. The molecule has 1 fully saturated rings. The zero-order valence-electron chi connectivity index (χ0n) is 15.9. The summed E-state index contributed by atoms with van der Waals surface area (Å²) in [6.45, 7) is 4.50. The first-order valence-electron chi connectivity index (χ1n) is 9.81. The number of hydrogen-bond donors (Lipinski definition) is 1. The standard InChI is InChI=1S/C22H28N2O3/c1-2-27-22(26)13-15-24(16-17-10-11-17)14-12-21(25)23-20-9-5-7-18-6-3-4-8-19(18)20/h3-9,17H,2,10-16H2,1H3,(H,23,25). The van der Waals surface area contributed by atoms with E-state index < -0.39 is 0 Å². The molecule has 0 aliphatic heterocycles. The first kappa shape index (κ1) is 19.4. The zero-order chi connectivity index (χ0) is 19.1. The number of carbonyl (C=O) groups is 2. The van der Waals surface area contributed by atoms with Gasteiger partial charge < -0.3 is 15.0 Å². The average Bonchev–Trinajstić information content (AvgIpc) is 3.48. The lowest BCUT2D eigenvalue weighted by atomic mass is 10.1. The van der Waals surface area contributed by atoms with E-state index in [1.165, 1.54) is 12.8 Å². The molecule has 2 aromatic rings. The number of ether oxygens (including phenoxy) is 1. The van der Waals surface area contributed by atoms with Gasteiger partial charge in [0, 0.05) is 37.1 Å². The third kappa shape index (κ3) is 6.07. The Hall–Kier alpha value is -2.40. The predicted molar refractivity (Wildman–Crippen MR) is 108 cm³/mol. The maximum absolute atomic E-state index is 12.5. The minimum atomic E-state index is -0.168. The van der Waals surface area contributed by atoms with Gasteiger partial charge >= 0.3 is 5.97 Å². The van der Waals surface area contributed by atoms with Crippen LogP contribution in [0.5, 0.6) is 0 Å². The number of esters is 1. The van der Waals surface area contributed by atoms with Crippen LogP contribution in [-0.2, 0) is 14.3 Å². The van der Waals surface area contributed by atoms with Crippen molar-refractivity contribution < 1.29 is 14.3 Å². The van der Waals surface area contributed by atoms with Gasteiger partial charge in [-0.15, -0.1) is 0 Å². The van der Waals surface area contributed by atoms with Crippen molar-refractivity contribution in [1.82, 2.24) is 4.90 Å². The zero-order valence-corrected chi connectivity index (χ0v) is 15.9. The van der Waals surface area contributed by atoms with Crippen LogP contribution in [0.2, 0.25) is 0 Å². The summed E-state index contributed by atoms with van der Waals surface area (Å²) in [5.41, 5.74) is 0.846. The molecule has 0 unspecified atom stereocenters. The smallest absolute Gasteiger partial charge is 0.307 e. The van der Waals surface area contributed by atoms with E-state index in [2.05, 4.69) is 10.2 Å². The summed E-state index contributed by atoms with van der Waals surface area (Å²) >= 11 is 0. The summed E-state index contributed by atoms with van der Waals surface area (Å²) in [5.74, 6) is 0.551. The van der Waals surface area contributed by atoms with E-state index in [-0.39, 0.29) is 11.9 Å². The first-order chi connectivity index (χ1) is 13.2. The fourth-order valence-electron chi connectivity index (χ4n) is 3.25. The van der Waals surface area contributed by atoms with Crippen LogP contribution in [0, 0.1) is 5.92 Å². The van der Waals surface area contributed by atoms with Gasteiger partial charge in [-0.05, 0) is 37.1 Å². The van der Waals surface area contributed by atoms with Gasteiger partial charge in [0.05, 0.1) is 13.0 Å². The van der Waals surface area contributed by atoms with Crippen LogP contribution in [0.4, 0.5) is 5.69 Å². The van der Waals surface area contributed by atoms with Crippen molar-refractivity contribution in [2.45, 2.75) is 32.6 Å². The van der Waals surface area contributed by atoms with Crippen molar-refractivity contribution in [1.29, 1.82) is 0 Å². The number of nitrogens with zero attached hydrogens (tertiary/aromatic N) is 1. The van der Waals surface area contributed by atoms with Crippen molar-refractivity contribution in [3.8, 4) is 0 Å². The second kappa shape index (κ2) is 9.51. The van der Waals surface area contributed by atoms with Crippen molar-refractivity contribution >= 4 is 28.3 Å². The molecule has 1 aliphatic rings. The maximum atomic E-state index is 12.5. The van der Waals surface area contributed by atoms with Crippen LogP contribution in [0.15, 0.2) is 42.5 Å². The van der Waals surface area contributed by atoms with Crippen molar-refractivity contribution in [3.63, 3.8) is 0 Å². The van der Waals surface area contributed by atoms with Crippen LogP contribution in [0.3, 0.4) is 0 Å². The third-order valence-corrected chi connectivity index (χ3v) is 4.87. The number of amides is 1. The first-order valence-corrected chi connectivity index (χ1v) is 9.81. The number of benzene rings is 2. The monoisotopic (exact) mass is 368 g/mol. The van der Waals surface area contributed by atoms with Gasteiger partial charge in [-0.25, -0.2) is 0 Å². The van der Waals surface area contributed by atoms with Gasteiger partial charge in [-0.1, -0.05) is 36.4 Å². The molecule has 0 bridgehead atoms. The Kier molecular flexibility index (Phi) is 6.82. The van der Waals surface area contributed by atoms with Crippen LogP contribution >= 0.6 is 0 Å². The summed E-state index contributed by atoms with van der Waals surface area (Å²) in [7, 11) is 0. The largest absolute Gasteiger partial charge is 0.466 e. The molecule has 5 heteroatoms. The number of hydrogen-bond acceptors (Lipinski definition) is 4. The van der Waals surface area contributed by atoms with Crippen molar-refractivity contribution in [2.24, 2.45) is 5.92 Å². The maximum Gasteiger partial charge on any atom is 0.307 e. The molecule has 0 radical (unpaired) electrons. The average molecular weight is 368 g/mol. The van der Waals surface area contributed by atoms with Gasteiger partial charge in [0.25, 0.3) is 0 Å². The molecule has 1 N–H and O–H groups in total. The Morgan fingerprint density at radius 1 is 1.07 bits per heavy atom. The second-order valence-corrected chi connectivity index (χ2v) is 7.12. The Balaban J connectivity index is 1.52. The lowest BCUT2D eigenvalue weighted by molar-refractivity contribution is -0.143. The van der Waals surface area contributed by atoms with Gasteiger partial charge in [0.2, 0.25) is 5.91 Å². The summed E-state index contributed by atoms with van der Waals surface area (Å²) in [6, 6.07) is 14.0. The van der Waals surface area contributed by atoms with E-state index >= 15 is 0 Å². The summed E-state index contributed by atoms with van der Waals surface area (Å²) < 4.78 is 5.01. The number of fused-ring (bicyclic) bond motifs is 1. The predicted octanol–water partition coefficient (Wildman–Crippen LogP) is 3.83. The minimum absolute atomic E-state index is 0.00304. The van der Waals surface area contributed by atoms with Gasteiger partial charge in [-0.3, -0.25) is 9.59 Å². The molecular formula is C22H28N2O3. The molecule has 1 aliphatic carbocycles. The Morgan fingerprint density at radius 3 is 2.59 bits per heavy atom. The second-order valence-electron chi connectivity index (χ2n) is 7.12. The van der Waals surface area contributed by atoms with Gasteiger partial charge in [-0.2, -0.15) is 0 Å². The van der Waals surface area contributed by atoms with Gasteiger partial charge in [0.15, 0.2) is 0 Å². The molecule has 1 amide bonds. The highest BCUT2D eigenvalue weighted by Gasteiger charge is 2.24. The highest BCUT2D eigenvalue weighted by atomic mass is 16.5. The molecule has 3 rings (SSSR count). The van der Waals surface area contributed by atoms with E-state index in [4.69, 9.17) is 4.74 Å². The quantitative estimate of drug-likeness (QED) is 0.648. The normalized spacial score (nSPS) is 13.7. The number of rotatable bonds is 10. The lowest BCUT2D eigenvalue weighted by Gasteiger charge is -2.21. The third-order valence-electron chi connectivity index (χ3n) is 4.87. The Bertz CT molecular complexity index is 781. The molecule has 144 valence electrons. The van der Waals surface area contributed by atoms with E-state index in [0.29, 0.717) is 38.5 Å². The topological polar surface area (TPSA) is 58.6 Å². The molecule has 1 saturated carbocycles. The summed E-state index contributed by atoms with van der Waals surface area (Å²) in [5, 5.41) is 5.20. The van der Waals surface area contributed by atoms with E-state index in [1.807, 2.05) is 49.4 Å². The highest BCUT2D eigenvalue weighted by Crippen LogP contribution is 2.30. The van der Waals surface area contributed by atoms with E-state index in [0.717, 1.165) is 23.0 Å². The fraction of sp³-hybridized carbons (Fsp3) is 0.455. The summed E-state index contributed by atoms with van der Waals surface area (Å²) in [6.07, 6.45) is 3.29. The van der Waals surface area contributed by atoms with Gasteiger partial charge in [0.1, 0.15) is 0 Å². The lowest BCUT2D eigenvalue weighted by Crippen LogP contribution is -2.32. The van der Waals surface area contributed by atoms with Crippen molar-refractivity contribution in [3.05, 3.63) is 42.5 Å². The van der Waals surface area contributed by atoms with Crippen molar-refractivity contribution in [2.75, 3.05) is 31.6 Å². The van der Waals surface area contributed by atoms with E-state index in [1.54, 1.807) is 0 Å². The Morgan fingerprint density at radius 2 is 1.81 bits per heavy atom. The Labute approximate surface area is 160 Å². The molecule has 5 nitrogen and oxygen atoms in total. The van der Waals surface area contributed by atoms with Crippen LogP contribution in [0.25, 0.3) is 10.8 Å². The highest BCUT2D eigenvalue weighted by molar-refractivity contribution is 6.02. The number of anilines is 1. The fourth-order valence-corrected chi connectivity index (χ4v) is 3.25. The van der Waals surface area contributed by atoms with Crippen LogP contribution in [0.1, 0.15) is 32.6 Å². The molecule has 27 heavy (non-hydrogen) atoms.